The van der Waals surface area contributed by atoms with Crippen molar-refractivity contribution in [3.05, 3.63) is 13.2 Å². The molecule has 0 heterocycles. The van der Waals surface area contributed by atoms with Gasteiger partial charge in [-0.1, -0.05) is 0 Å². The van der Waals surface area contributed by atoms with Gasteiger partial charge in [0.25, 0.3) is 0 Å². The first-order valence-electron chi connectivity index (χ1n) is 3.12. The Morgan fingerprint density at radius 2 is 0.353 bits per heavy atom. The van der Waals surface area contributed by atoms with Crippen LogP contribution in [0.5, 0.6) is 0 Å². The minimum Gasteiger partial charge on any atom is -0.418 e. The third kappa shape index (κ3) is 3160. The molecule has 0 nitrogen and oxygen atoms in total. The fourth-order valence-corrected chi connectivity index (χ4v) is 0. The third-order valence-electron chi connectivity index (χ3n) is 0. The largest absolute Gasteiger partial charge is 0.673 e. The van der Waals surface area contributed by atoms with E-state index in [0.717, 1.165) is 0 Å². The Balaban J connectivity index is -0.0000000693. The average Bonchev–Trinajstić information content (AvgIpc) is 1.77. The maximum Gasteiger partial charge on any atom is 0.673 e. The first-order chi connectivity index (χ1) is 7.00. The van der Waals surface area contributed by atoms with Gasteiger partial charge in [0.15, 0.2) is 0 Å². The Hall–Kier alpha value is -0.905. The second-order valence-corrected chi connectivity index (χ2v) is 1.48. The molecule has 0 aromatic rings. The summed E-state index contributed by atoms with van der Waals surface area (Å²) >= 11 is 0. The molecule has 0 aliphatic rings. The molecule has 0 bridgehead atoms. The number of hydrogen-bond acceptors (Lipinski definition) is 0. The lowest BCUT2D eigenvalue weighted by atomic mass is 10.3. The summed E-state index contributed by atoms with van der Waals surface area (Å²) in [6.07, 6.45) is 0. The topological polar surface area (TPSA) is 0 Å². The summed E-state index contributed by atoms with van der Waals surface area (Å²) < 4.78 is 117. The van der Waals surface area contributed by atoms with E-state index in [4.69, 9.17) is 0 Å². The van der Waals surface area contributed by atoms with E-state index >= 15 is 0 Å². The van der Waals surface area contributed by atoms with Gasteiger partial charge in [-0.2, -0.15) is 0 Å². The van der Waals surface area contributed by atoms with E-state index in [9.17, 15) is 51.8 Å². The van der Waals surface area contributed by atoms with Crippen LogP contribution in [0.4, 0.5) is 51.8 Å². The molecule has 0 amide bonds. The predicted molar refractivity (Wildman–Crippen MR) is 41.8 cm³/mol. The van der Waals surface area contributed by atoms with Gasteiger partial charge >= 0.3 is 21.8 Å². The van der Waals surface area contributed by atoms with Gasteiger partial charge in [0, 0.05) is 0 Å². The molecule has 0 radical (unpaired) electrons. The molecule has 0 saturated heterocycles. The maximum absolute atomic E-state index is 9.75. The van der Waals surface area contributed by atoms with Gasteiger partial charge in [-0.3, -0.25) is 0 Å². The number of halogens is 12. The van der Waals surface area contributed by atoms with E-state index in [1.807, 2.05) is 0 Å². The zero-order valence-electron chi connectivity index (χ0n) is 7.68. The lowest BCUT2D eigenvalue weighted by Crippen LogP contribution is -2.02. The molecule has 0 N–H and O–H groups in total. The van der Waals surface area contributed by atoms with Crippen molar-refractivity contribution in [1.82, 2.24) is 0 Å². The van der Waals surface area contributed by atoms with Crippen LogP contribution in [-0.4, -0.2) is 21.8 Å². The summed E-state index contributed by atoms with van der Waals surface area (Å²) in [6, 6.07) is 0. The third-order valence-corrected chi connectivity index (χ3v) is 0. The predicted octanol–water partition coefficient (Wildman–Crippen LogP) is 4.70. The lowest BCUT2D eigenvalue weighted by molar-refractivity contribution is 0.366. The van der Waals surface area contributed by atoms with Crippen LogP contribution in [0.2, 0.25) is 0 Å². The quantitative estimate of drug-likeness (QED) is 0.344. The summed E-state index contributed by atoms with van der Waals surface area (Å²) in [5.74, 6) is 0. The Morgan fingerprint density at radius 3 is 0.353 bits per heavy atom. The summed E-state index contributed by atoms with van der Waals surface area (Å²) in [5, 5.41) is 0. The Morgan fingerprint density at radius 1 is 0.353 bits per heavy atom. The molecule has 0 atom stereocenters. The molecule has 108 valence electrons. The van der Waals surface area contributed by atoms with Gasteiger partial charge in [-0.15, -0.1) is 13.2 Å². The Bertz CT molecular complexity index is 106. The van der Waals surface area contributed by atoms with Gasteiger partial charge in [-0.05, 0) is 0 Å². The molecule has 0 aromatic heterocycles. The molecule has 0 aliphatic carbocycles. The standard InChI is InChI=1S/C2H4.3BF4/c1-2;3*2-1(3,4)5/h1-2H2;;;/q;3*-1. The van der Waals surface area contributed by atoms with Crippen LogP contribution < -0.4 is 0 Å². The highest BCUT2D eigenvalue weighted by Crippen LogP contribution is 2.07. The van der Waals surface area contributed by atoms with Crippen LogP contribution >= 0.6 is 0 Å². The minimum atomic E-state index is -6.00. The van der Waals surface area contributed by atoms with Crippen molar-refractivity contribution in [1.29, 1.82) is 0 Å². The molecule has 0 rings (SSSR count). The van der Waals surface area contributed by atoms with Gasteiger partial charge in [0.2, 0.25) is 0 Å². The van der Waals surface area contributed by atoms with Crippen LogP contribution in [-0.2, 0) is 0 Å². The molecule has 17 heavy (non-hydrogen) atoms. The second-order valence-electron chi connectivity index (χ2n) is 1.48. The van der Waals surface area contributed by atoms with Crippen molar-refractivity contribution in [2.24, 2.45) is 0 Å². The fraction of sp³-hybridized carbons (Fsp3) is 0. The summed E-state index contributed by atoms with van der Waals surface area (Å²) in [7, 11) is -18.0. The molecule has 0 spiro atoms. The van der Waals surface area contributed by atoms with Crippen LogP contribution in [0, 0.1) is 0 Å². The van der Waals surface area contributed by atoms with Crippen LogP contribution in [0.3, 0.4) is 0 Å². The van der Waals surface area contributed by atoms with E-state index in [0.29, 0.717) is 0 Å². The summed E-state index contributed by atoms with van der Waals surface area (Å²) in [6.45, 7) is 6.00. The van der Waals surface area contributed by atoms with Gasteiger partial charge in [0.1, 0.15) is 0 Å². The first kappa shape index (κ1) is 25.1. The van der Waals surface area contributed by atoms with Crippen molar-refractivity contribution in [3.8, 4) is 0 Å². The lowest BCUT2D eigenvalue weighted by Gasteiger charge is -1.94. The zero-order chi connectivity index (χ0) is 15.5. The highest BCUT2D eigenvalue weighted by atomic mass is 19.5. The molecular weight excluding hydrogens is 284 g/mol. The van der Waals surface area contributed by atoms with Crippen LogP contribution in [0.25, 0.3) is 0 Å². The molecule has 0 aromatic carbocycles. The average molecular weight is 288 g/mol. The second kappa shape index (κ2) is 10.3. The van der Waals surface area contributed by atoms with E-state index < -0.39 is 21.8 Å². The molecule has 15 heteroatoms. The van der Waals surface area contributed by atoms with E-state index in [-0.39, 0.29) is 0 Å². The van der Waals surface area contributed by atoms with Crippen LogP contribution in [0.1, 0.15) is 0 Å². The van der Waals surface area contributed by atoms with Gasteiger partial charge in [0.05, 0.1) is 0 Å². The minimum absolute atomic E-state index is 3.00. The smallest absolute Gasteiger partial charge is 0.418 e. The van der Waals surface area contributed by atoms with Crippen molar-refractivity contribution in [3.63, 3.8) is 0 Å². The van der Waals surface area contributed by atoms with Gasteiger partial charge in [-0.25, -0.2) is 0 Å². The van der Waals surface area contributed by atoms with E-state index in [1.54, 1.807) is 0 Å². The molecule has 0 saturated carbocycles. The molecule has 0 unspecified atom stereocenters. The van der Waals surface area contributed by atoms with Crippen molar-refractivity contribution in [2.75, 3.05) is 0 Å². The number of rotatable bonds is 0. The summed E-state index contributed by atoms with van der Waals surface area (Å²) in [4.78, 5) is 0. The Labute approximate surface area is 88.0 Å². The zero-order valence-corrected chi connectivity index (χ0v) is 7.68. The van der Waals surface area contributed by atoms with E-state index in [2.05, 4.69) is 13.2 Å². The van der Waals surface area contributed by atoms with Crippen molar-refractivity contribution < 1.29 is 51.8 Å². The van der Waals surface area contributed by atoms with Gasteiger partial charge < -0.3 is 51.8 Å². The first-order valence-corrected chi connectivity index (χ1v) is 3.12. The Kier molecular flexibility index (Phi) is 15.1. The number of hydrogen-bond donors (Lipinski definition) is 0. The molecular formula is C2H4B3F12-3. The highest BCUT2D eigenvalue weighted by Gasteiger charge is 2.21. The molecule has 0 fully saturated rings. The van der Waals surface area contributed by atoms with Crippen molar-refractivity contribution >= 4 is 21.8 Å². The summed E-state index contributed by atoms with van der Waals surface area (Å²) in [5.41, 5.74) is 0. The highest BCUT2D eigenvalue weighted by molar-refractivity contribution is 6.50. The fourth-order valence-electron chi connectivity index (χ4n) is 0. The van der Waals surface area contributed by atoms with Crippen LogP contribution in [0.15, 0.2) is 13.2 Å². The monoisotopic (exact) mass is 289 g/mol. The normalized spacial score (nSPS) is 10.8. The maximum atomic E-state index is 9.75. The van der Waals surface area contributed by atoms with E-state index in [1.165, 1.54) is 0 Å². The van der Waals surface area contributed by atoms with Crippen molar-refractivity contribution in [2.45, 2.75) is 0 Å². The molecule has 0 aliphatic heterocycles. The SMILES string of the molecule is C=C.F[B-](F)(F)F.F[B-](F)(F)F.F[B-](F)(F)F.